The van der Waals surface area contributed by atoms with Crippen molar-refractivity contribution in [2.45, 2.75) is 22.9 Å². The molecular weight excluding hydrogens is 448 g/mol. The van der Waals surface area contributed by atoms with Gasteiger partial charge in [-0.3, -0.25) is 4.79 Å². The molecule has 164 valence electrons. The second kappa shape index (κ2) is 9.06. The average molecular weight is 469 g/mol. The first kappa shape index (κ1) is 21.9. The van der Waals surface area contributed by atoms with Crippen LogP contribution in [-0.4, -0.2) is 26.0 Å². The Morgan fingerprint density at radius 1 is 1.00 bits per heavy atom. The molecule has 0 unspecified atom stereocenters. The van der Waals surface area contributed by atoms with Crippen molar-refractivity contribution in [3.8, 4) is 5.75 Å². The Morgan fingerprint density at radius 2 is 1.69 bits per heavy atom. The van der Waals surface area contributed by atoms with Gasteiger partial charge in [-0.25, -0.2) is 8.42 Å². The fraction of sp³-hybridized carbons (Fsp3) is 0.125. The smallest absolute Gasteiger partial charge is 0.240 e. The minimum Gasteiger partial charge on any atom is -0.497 e. The van der Waals surface area contributed by atoms with Crippen LogP contribution in [0.15, 0.2) is 88.8 Å². The van der Waals surface area contributed by atoms with Gasteiger partial charge in [0.1, 0.15) is 12.3 Å². The van der Waals surface area contributed by atoms with Crippen LogP contribution < -0.4 is 10.1 Å². The topological polar surface area (TPSA) is 77.4 Å². The van der Waals surface area contributed by atoms with Crippen LogP contribution in [0.2, 0.25) is 5.02 Å². The van der Waals surface area contributed by atoms with Crippen molar-refractivity contribution in [3.05, 3.63) is 89.6 Å². The third-order valence-corrected chi connectivity index (χ3v) is 7.18. The number of nitrogens with zero attached hydrogens (tertiary/aromatic N) is 1. The average Bonchev–Trinajstić information content (AvgIpc) is 3.17. The molecule has 4 aromatic rings. The minimum atomic E-state index is -3.78. The lowest BCUT2D eigenvalue weighted by Gasteiger charge is -2.08. The van der Waals surface area contributed by atoms with Gasteiger partial charge in [-0.2, -0.15) is 0 Å². The van der Waals surface area contributed by atoms with E-state index in [4.69, 9.17) is 16.3 Å². The lowest BCUT2D eigenvalue weighted by atomic mass is 10.2. The van der Waals surface area contributed by atoms with Crippen molar-refractivity contribution in [3.63, 3.8) is 0 Å². The number of rotatable bonds is 7. The van der Waals surface area contributed by atoms with E-state index < -0.39 is 9.84 Å². The maximum Gasteiger partial charge on any atom is 0.240 e. The van der Waals surface area contributed by atoms with E-state index in [1.54, 1.807) is 42.0 Å². The van der Waals surface area contributed by atoms with Crippen LogP contribution in [0.1, 0.15) is 5.56 Å². The number of methoxy groups -OCH3 is 1. The van der Waals surface area contributed by atoms with Crippen LogP contribution in [0.3, 0.4) is 0 Å². The van der Waals surface area contributed by atoms with E-state index in [2.05, 4.69) is 5.32 Å². The summed E-state index contributed by atoms with van der Waals surface area (Å²) < 4.78 is 33.3. The minimum absolute atomic E-state index is 0.00714. The SMILES string of the molecule is COc1ccc(CNC(=O)Cn2cc(S(=O)(=O)c3ccc(Cl)cc3)c3ccccc32)cc1. The summed E-state index contributed by atoms with van der Waals surface area (Å²) in [7, 11) is -2.19. The fourth-order valence-corrected chi connectivity index (χ4v) is 5.06. The van der Waals surface area contributed by atoms with Gasteiger partial charge in [0.25, 0.3) is 0 Å². The van der Waals surface area contributed by atoms with Gasteiger partial charge < -0.3 is 14.6 Å². The standard InChI is InChI=1S/C24H21ClN2O4S/c1-31-19-10-6-17(7-11-19)14-26-24(28)16-27-15-23(21-4-2-3-5-22(21)27)32(29,30)20-12-8-18(25)9-13-20/h2-13,15H,14,16H2,1H3,(H,26,28). The highest BCUT2D eigenvalue weighted by Crippen LogP contribution is 2.30. The molecule has 32 heavy (non-hydrogen) atoms. The summed E-state index contributed by atoms with van der Waals surface area (Å²) in [6, 6.07) is 20.6. The van der Waals surface area contributed by atoms with Crippen molar-refractivity contribution < 1.29 is 17.9 Å². The van der Waals surface area contributed by atoms with Gasteiger partial charge in [0.05, 0.1) is 16.9 Å². The van der Waals surface area contributed by atoms with Gasteiger partial charge in [0, 0.05) is 28.7 Å². The van der Waals surface area contributed by atoms with E-state index >= 15 is 0 Å². The number of ether oxygens (including phenoxy) is 1. The third-order valence-electron chi connectivity index (χ3n) is 5.13. The Labute approximate surface area is 191 Å². The van der Waals surface area contributed by atoms with Gasteiger partial charge in [0.2, 0.25) is 15.7 Å². The Hall–Kier alpha value is -3.29. The number of nitrogens with one attached hydrogen (secondary N) is 1. The molecule has 0 spiro atoms. The van der Waals surface area contributed by atoms with Crippen molar-refractivity contribution in [1.82, 2.24) is 9.88 Å². The number of aromatic nitrogens is 1. The van der Waals surface area contributed by atoms with E-state index in [-0.39, 0.29) is 22.2 Å². The number of carbonyl (C=O) groups is 1. The first-order chi connectivity index (χ1) is 15.4. The largest absolute Gasteiger partial charge is 0.497 e. The molecule has 0 aliphatic carbocycles. The quantitative estimate of drug-likeness (QED) is 0.434. The maximum atomic E-state index is 13.3. The summed E-state index contributed by atoms with van der Waals surface area (Å²) in [5.74, 6) is 0.519. The summed E-state index contributed by atoms with van der Waals surface area (Å²) in [4.78, 5) is 12.9. The molecular formula is C24H21ClN2O4S. The van der Waals surface area contributed by atoms with Crippen molar-refractivity contribution in [1.29, 1.82) is 0 Å². The van der Waals surface area contributed by atoms with Gasteiger partial charge in [0.15, 0.2) is 0 Å². The molecule has 3 aromatic carbocycles. The predicted octanol–water partition coefficient (Wildman–Crippen LogP) is 4.45. The van der Waals surface area contributed by atoms with Crippen molar-refractivity contribution >= 4 is 38.2 Å². The van der Waals surface area contributed by atoms with E-state index in [9.17, 15) is 13.2 Å². The van der Waals surface area contributed by atoms with E-state index in [1.807, 2.05) is 30.3 Å². The van der Waals surface area contributed by atoms with Crippen LogP contribution in [0.25, 0.3) is 10.9 Å². The molecule has 0 saturated heterocycles. The monoisotopic (exact) mass is 468 g/mol. The molecule has 0 radical (unpaired) electrons. The number of fused-ring (bicyclic) bond motifs is 1. The fourth-order valence-electron chi connectivity index (χ4n) is 3.45. The number of hydrogen-bond acceptors (Lipinski definition) is 4. The van der Waals surface area contributed by atoms with Gasteiger partial charge in [-0.1, -0.05) is 41.9 Å². The highest BCUT2D eigenvalue weighted by atomic mass is 35.5. The molecule has 0 bridgehead atoms. The zero-order valence-corrected chi connectivity index (χ0v) is 18.9. The third kappa shape index (κ3) is 4.49. The molecule has 0 saturated carbocycles. The van der Waals surface area contributed by atoms with Crippen LogP contribution in [-0.2, 0) is 27.7 Å². The number of sulfone groups is 1. The summed E-state index contributed by atoms with van der Waals surface area (Å²) in [5, 5.41) is 3.89. The van der Waals surface area contributed by atoms with Gasteiger partial charge >= 0.3 is 0 Å². The first-order valence-electron chi connectivity index (χ1n) is 9.86. The molecule has 0 atom stereocenters. The van der Waals surface area contributed by atoms with E-state index in [0.29, 0.717) is 22.5 Å². The Balaban J connectivity index is 1.58. The van der Waals surface area contributed by atoms with Gasteiger partial charge in [-0.05, 0) is 48.0 Å². The summed E-state index contributed by atoms with van der Waals surface area (Å²) >= 11 is 5.90. The van der Waals surface area contributed by atoms with Gasteiger partial charge in [-0.15, -0.1) is 0 Å². The molecule has 8 heteroatoms. The number of hydrogen-bond donors (Lipinski definition) is 1. The number of halogens is 1. The van der Waals surface area contributed by atoms with E-state index in [0.717, 1.165) is 11.3 Å². The first-order valence-corrected chi connectivity index (χ1v) is 11.7. The second-order valence-corrected chi connectivity index (χ2v) is 9.58. The second-order valence-electron chi connectivity index (χ2n) is 7.22. The lowest BCUT2D eigenvalue weighted by Crippen LogP contribution is -2.26. The summed E-state index contributed by atoms with van der Waals surface area (Å²) in [6.45, 7) is 0.352. The predicted molar refractivity (Wildman–Crippen MR) is 124 cm³/mol. The molecule has 6 nitrogen and oxygen atoms in total. The number of para-hydroxylation sites is 1. The van der Waals surface area contributed by atoms with Crippen LogP contribution in [0, 0.1) is 0 Å². The van der Waals surface area contributed by atoms with Crippen molar-refractivity contribution in [2.24, 2.45) is 0 Å². The molecule has 0 fully saturated rings. The molecule has 4 rings (SSSR count). The zero-order chi connectivity index (χ0) is 22.7. The van der Waals surface area contributed by atoms with Crippen LogP contribution in [0.4, 0.5) is 0 Å². The molecule has 1 heterocycles. The molecule has 1 N–H and O–H groups in total. The molecule has 0 aliphatic heterocycles. The van der Waals surface area contributed by atoms with E-state index in [1.165, 1.54) is 18.3 Å². The Kier molecular flexibility index (Phi) is 6.21. The van der Waals surface area contributed by atoms with Crippen LogP contribution in [0.5, 0.6) is 5.75 Å². The van der Waals surface area contributed by atoms with Crippen molar-refractivity contribution in [2.75, 3.05) is 7.11 Å². The summed E-state index contributed by atoms with van der Waals surface area (Å²) in [6.07, 6.45) is 1.52. The van der Waals surface area contributed by atoms with Crippen LogP contribution >= 0.6 is 11.6 Å². The highest BCUT2D eigenvalue weighted by molar-refractivity contribution is 7.91. The Morgan fingerprint density at radius 3 is 2.38 bits per heavy atom. The normalized spacial score (nSPS) is 11.4. The molecule has 1 aromatic heterocycles. The zero-order valence-electron chi connectivity index (χ0n) is 17.3. The lowest BCUT2D eigenvalue weighted by molar-refractivity contribution is -0.121. The maximum absolute atomic E-state index is 13.3. The number of carbonyl (C=O) groups excluding carboxylic acids is 1. The summed E-state index contributed by atoms with van der Waals surface area (Å²) in [5.41, 5.74) is 1.60. The Bertz CT molecular complexity index is 1360. The highest BCUT2D eigenvalue weighted by Gasteiger charge is 2.23. The number of amides is 1. The molecule has 0 aliphatic rings. The number of benzene rings is 3. The molecule has 1 amide bonds.